The SMILES string of the molecule is CCN(Cc1ccc(C(=O)Nc2ccc(NC(=O)N3CCCCCC3)cc2)cc1)C(C)C. The Balaban J connectivity index is 1.53. The lowest BCUT2D eigenvalue weighted by Crippen LogP contribution is -2.35. The molecule has 0 radical (unpaired) electrons. The Hall–Kier alpha value is -2.86. The number of urea groups is 1. The highest BCUT2D eigenvalue weighted by Crippen LogP contribution is 2.17. The van der Waals surface area contributed by atoms with E-state index in [0.717, 1.165) is 44.7 Å². The van der Waals surface area contributed by atoms with Gasteiger partial charge in [0, 0.05) is 42.6 Å². The summed E-state index contributed by atoms with van der Waals surface area (Å²) in [6.45, 7) is 10.0. The summed E-state index contributed by atoms with van der Waals surface area (Å²) >= 11 is 0. The molecule has 6 nitrogen and oxygen atoms in total. The van der Waals surface area contributed by atoms with Gasteiger partial charge in [-0.2, -0.15) is 0 Å². The highest BCUT2D eigenvalue weighted by molar-refractivity contribution is 6.04. The van der Waals surface area contributed by atoms with Crippen LogP contribution < -0.4 is 10.6 Å². The Morgan fingerprint density at radius 3 is 1.97 bits per heavy atom. The Bertz CT molecular complexity index is 870. The molecule has 0 spiro atoms. The Kier molecular flexibility index (Phi) is 8.68. The minimum absolute atomic E-state index is 0.0529. The zero-order valence-corrected chi connectivity index (χ0v) is 19.6. The number of amides is 3. The fourth-order valence-corrected chi connectivity index (χ4v) is 3.97. The van der Waals surface area contributed by atoms with E-state index in [4.69, 9.17) is 0 Å². The number of rotatable bonds is 7. The quantitative estimate of drug-likeness (QED) is 0.596. The summed E-state index contributed by atoms with van der Waals surface area (Å²) in [5, 5.41) is 5.88. The molecule has 32 heavy (non-hydrogen) atoms. The molecule has 1 heterocycles. The summed E-state index contributed by atoms with van der Waals surface area (Å²) in [5.74, 6) is -0.144. The molecule has 6 heteroatoms. The van der Waals surface area contributed by atoms with Gasteiger partial charge in [-0.05, 0) is 75.2 Å². The first-order valence-electron chi connectivity index (χ1n) is 11.8. The van der Waals surface area contributed by atoms with E-state index in [2.05, 4.69) is 36.3 Å². The van der Waals surface area contributed by atoms with Crippen molar-refractivity contribution in [2.45, 2.75) is 59.0 Å². The zero-order valence-electron chi connectivity index (χ0n) is 19.6. The molecule has 1 aliphatic rings. The van der Waals surface area contributed by atoms with E-state index in [1.54, 1.807) is 0 Å². The van der Waals surface area contributed by atoms with Crippen LogP contribution in [0.4, 0.5) is 16.2 Å². The average Bonchev–Trinajstić information content (AvgIpc) is 3.08. The van der Waals surface area contributed by atoms with Gasteiger partial charge in [-0.25, -0.2) is 4.79 Å². The Morgan fingerprint density at radius 2 is 1.44 bits per heavy atom. The number of hydrogen-bond donors (Lipinski definition) is 2. The number of nitrogens with one attached hydrogen (secondary N) is 2. The second-order valence-corrected chi connectivity index (χ2v) is 8.72. The van der Waals surface area contributed by atoms with E-state index >= 15 is 0 Å². The lowest BCUT2D eigenvalue weighted by molar-refractivity contribution is 0.102. The van der Waals surface area contributed by atoms with Crippen LogP contribution in [0.3, 0.4) is 0 Å². The van der Waals surface area contributed by atoms with Gasteiger partial charge in [0.2, 0.25) is 0 Å². The smallest absolute Gasteiger partial charge is 0.321 e. The second kappa shape index (κ2) is 11.7. The first-order chi connectivity index (χ1) is 15.5. The maximum atomic E-state index is 12.6. The van der Waals surface area contributed by atoms with Crippen molar-refractivity contribution in [3.05, 3.63) is 59.7 Å². The third kappa shape index (κ3) is 6.82. The minimum atomic E-state index is -0.144. The number of anilines is 2. The predicted molar refractivity (Wildman–Crippen MR) is 131 cm³/mol. The monoisotopic (exact) mass is 436 g/mol. The van der Waals surface area contributed by atoms with Crippen LogP contribution in [-0.2, 0) is 6.54 Å². The molecular formula is C26H36N4O2. The molecule has 2 aromatic carbocycles. The first kappa shape index (κ1) is 23.8. The second-order valence-electron chi connectivity index (χ2n) is 8.72. The number of hydrogen-bond acceptors (Lipinski definition) is 3. The van der Waals surface area contributed by atoms with Gasteiger partial charge in [0.1, 0.15) is 0 Å². The maximum absolute atomic E-state index is 12.6. The van der Waals surface area contributed by atoms with Gasteiger partial charge in [0.15, 0.2) is 0 Å². The molecule has 0 unspecified atom stereocenters. The van der Waals surface area contributed by atoms with E-state index in [-0.39, 0.29) is 11.9 Å². The maximum Gasteiger partial charge on any atom is 0.321 e. The summed E-state index contributed by atoms with van der Waals surface area (Å²) in [4.78, 5) is 29.3. The topological polar surface area (TPSA) is 64.7 Å². The molecule has 3 rings (SSSR count). The van der Waals surface area contributed by atoms with Crippen LogP contribution in [-0.4, -0.2) is 47.4 Å². The van der Waals surface area contributed by atoms with E-state index in [0.29, 0.717) is 17.3 Å². The van der Waals surface area contributed by atoms with Gasteiger partial charge in [0.05, 0.1) is 0 Å². The third-order valence-corrected chi connectivity index (χ3v) is 6.03. The third-order valence-electron chi connectivity index (χ3n) is 6.03. The van der Waals surface area contributed by atoms with E-state index in [9.17, 15) is 9.59 Å². The summed E-state index contributed by atoms with van der Waals surface area (Å²) in [6, 6.07) is 15.5. The Morgan fingerprint density at radius 1 is 0.875 bits per heavy atom. The molecule has 0 aliphatic carbocycles. The lowest BCUT2D eigenvalue weighted by atomic mass is 10.1. The van der Waals surface area contributed by atoms with Crippen LogP contribution in [0.15, 0.2) is 48.5 Å². The van der Waals surface area contributed by atoms with Gasteiger partial charge in [-0.3, -0.25) is 9.69 Å². The van der Waals surface area contributed by atoms with E-state index in [1.165, 1.54) is 18.4 Å². The molecule has 0 aromatic heterocycles. The van der Waals surface area contributed by atoms with Gasteiger partial charge < -0.3 is 15.5 Å². The van der Waals surface area contributed by atoms with Crippen LogP contribution >= 0.6 is 0 Å². The van der Waals surface area contributed by atoms with Crippen LogP contribution in [0.25, 0.3) is 0 Å². The normalized spacial score (nSPS) is 14.3. The number of nitrogens with zero attached hydrogens (tertiary/aromatic N) is 2. The Labute approximate surface area is 192 Å². The molecule has 2 N–H and O–H groups in total. The number of carbonyl (C=O) groups is 2. The first-order valence-corrected chi connectivity index (χ1v) is 11.8. The van der Waals surface area contributed by atoms with Crippen molar-refractivity contribution in [3.63, 3.8) is 0 Å². The van der Waals surface area contributed by atoms with Crippen LogP contribution in [0.2, 0.25) is 0 Å². The standard InChI is InChI=1S/C26H36N4O2/c1-4-29(20(2)3)19-21-9-11-22(12-10-21)25(31)27-23-13-15-24(16-14-23)28-26(32)30-17-7-5-6-8-18-30/h9-16,20H,4-8,17-19H2,1-3H3,(H,27,31)(H,28,32). The molecule has 0 atom stereocenters. The highest BCUT2D eigenvalue weighted by Gasteiger charge is 2.15. The van der Waals surface area contributed by atoms with Crippen molar-refractivity contribution in [1.29, 1.82) is 0 Å². The summed E-state index contributed by atoms with van der Waals surface area (Å²) in [5.41, 5.74) is 3.25. The van der Waals surface area contributed by atoms with Crippen LogP contribution in [0.1, 0.15) is 62.4 Å². The summed E-state index contributed by atoms with van der Waals surface area (Å²) in [7, 11) is 0. The lowest BCUT2D eigenvalue weighted by Gasteiger charge is -2.24. The fraction of sp³-hybridized carbons (Fsp3) is 0.462. The van der Waals surface area contributed by atoms with Crippen molar-refractivity contribution < 1.29 is 9.59 Å². The van der Waals surface area contributed by atoms with Gasteiger partial charge in [-0.1, -0.05) is 31.9 Å². The molecule has 172 valence electrons. The molecule has 0 bridgehead atoms. The minimum Gasteiger partial charge on any atom is -0.325 e. The fourth-order valence-electron chi connectivity index (χ4n) is 3.97. The van der Waals surface area contributed by atoms with Gasteiger partial charge in [-0.15, -0.1) is 0 Å². The average molecular weight is 437 g/mol. The van der Waals surface area contributed by atoms with Crippen molar-refractivity contribution in [2.24, 2.45) is 0 Å². The largest absolute Gasteiger partial charge is 0.325 e. The number of carbonyl (C=O) groups excluding carboxylic acids is 2. The predicted octanol–water partition coefficient (Wildman–Crippen LogP) is 5.58. The molecule has 2 aromatic rings. The molecular weight excluding hydrogens is 400 g/mol. The van der Waals surface area contributed by atoms with Crippen LogP contribution in [0.5, 0.6) is 0 Å². The molecule has 1 fully saturated rings. The van der Waals surface area contributed by atoms with E-state index < -0.39 is 0 Å². The highest BCUT2D eigenvalue weighted by atomic mass is 16.2. The molecule has 1 aliphatic heterocycles. The number of likely N-dealkylation sites (tertiary alicyclic amines) is 1. The van der Waals surface area contributed by atoms with Gasteiger partial charge in [0.25, 0.3) is 5.91 Å². The molecule has 1 saturated heterocycles. The molecule has 0 saturated carbocycles. The van der Waals surface area contributed by atoms with E-state index in [1.807, 2.05) is 53.4 Å². The van der Waals surface area contributed by atoms with Gasteiger partial charge >= 0.3 is 6.03 Å². The van der Waals surface area contributed by atoms with Crippen molar-refractivity contribution in [3.8, 4) is 0 Å². The zero-order chi connectivity index (χ0) is 22.9. The van der Waals surface area contributed by atoms with Crippen molar-refractivity contribution >= 4 is 23.3 Å². The van der Waals surface area contributed by atoms with Crippen molar-refractivity contribution in [2.75, 3.05) is 30.3 Å². The number of benzene rings is 2. The molecule has 3 amide bonds. The summed E-state index contributed by atoms with van der Waals surface area (Å²) in [6.07, 6.45) is 4.51. The summed E-state index contributed by atoms with van der Waals surface area (Å²) < 4.78 is 0. The van der Waals surface area contributed by atoms with Crippen molar-refractivity contribution in [1.82, 2.24) is 9.80 Å². The van der Waals surface area contributed by atoms with Crippen LogP contribution in [0, 0.1) is 0 Å².